The molecule has 1 heterocycles. The van der Waals surface area contributed by atoms with E-state index in [1.54, 1.807) is 18.2 Å². The number of unbranched alkanes of at least 4 members (excludes halogenated alkanes) is 1. The standard InChI is InChI=1S/C14H17ClN2O3S/c15-11-5-6-12-13(4-3-8-20-14(12)10-11)17-21(18,19)9-2-1-7-16/h5-6,10,13,17H,1-4,8-9H2/t13-/m1/s1. The molecule has 0 saturated carbocycles. The van der Waals surface area contributed by atoms with Gasteiger partial charge in [0.15, 0.2) is 0 Å². The lowest BCUT2D eigenvalue weighted by atomic mass is 10.0. The molecule has 5 nitrogen and oxygen atoms in total. The van der Waals surface area contributed by atoms with Gasteiger partial charge in [-0.15, -0.1) is 0 Å². The number of halogens is 1. The van der Waals surface area contributed by atoms with Gasteiger partial charge in [-0.05, 0) is 31.4 Å². The summed E-state index contributed by atoms with van der Waals surface area (Å²) in [6.07, 6.45) is 2.01. The molecule has 1 N–H and O–H groups in total. The molecule has 0 saturated heterocycles. The van der Waals surface area contributed by atoms with Crippen LogP contribution in [-0.2, 0) is 10.0 Å². The van der Waals surface area contributed by atoms with Gasteiger partial charge in [0.05, 0.1) is 24.5 Å². The average molecular weight is 329 g/mol. The molecule has 0 unspecified atom stereocenters. The molecule has 1 aromatic rings. The molecule has 1 atom stereocenters. The quantitative estimate of drug-likeness (QED) is 0.843. The Bertz CT molecular complexity index is 640. The van der Waals surface area contributed by atoms with Crippen LogP contribution in [0.4, 0.5) is 0 Å². The third-order valence-electron chi connectivity index (χ3n) is 3.27. The number of benzene rings is 1. The number of sulfonamides is 1. The molecule has 0 spiro atoms. The van der Waals surface area contributed by atoms with Gasteiger partial charge in [-0.1, -0.05) is 17.7 Å². The minimum absolute atomic E-state index is 0.0408. The van der Waals surface area contributed by atoms with Gasteiger partial charge in [0.2, 0.25) is 10.0 Å². The topological polar surface area (TPSA) is 79.2 Å². The first-order valence-corrected chi connectivity index (χ1v) is 8.84. The lowest BCUT2D eigenvalue weighted by molar-refractivity contribution is 0.316. The van der Waals surface area contributed by atoms with Crippen molar-refractivity contribution in [1.29, 1.82) is 5.26 Å². The summed E-state index contributed by atoms with van der Waals surface area (Å²) < 4.78 is 32.5. The zero-order chi connectivity index (χ0) is 15.3. The highest BCUT2D eigenvalue weighted by Gasteiger charge is 2.24. The molecule has 7 heteroatoms. The summed E-state index contributed by atoms with van der Waals surface area (Å²) in [7, 11) is -3.41. The van der Waals surface area contributed by atoms with E-state index in [0.29, 0.717) is 30.2 Å². The summed E-state index contributed by atoms with van der Waals surface area (Å²) in [5, 5.41) is 9.04. The number of hydrogen-bond acceptors (Lipinski definition) is 4. The number of nitriles is 1. The van der Waals surface area contributed by atoms with Crippen LogP contribution in [0.3, 0.4) is 0 Å². The van der Waals surface area contributed by atoms with Crippen molar-refractivity contribution in [2.45, 2.75) is 31.7 Å². The van der Waals surface area contributed by atoms with Crippen LogP contribution < -0.4 is 9.46 Å². The highest BCUT2D eigenvalue weighted by molar-refractivity contribution is 7.89. The molecule has 0 aliphatic carbocycles. The number of nitrogens with one attached hydrogen (secondary N) is 1. The summed E-state index contributed by atoms with van der Waals surface area (Å²) in [6, 6.07) is 6.87. The SMILES string of the molecule is N#CCCCS(=O)(=O)N[C@@H]1CCCOc2cc(Cl)ccc21. The van der Waals surface area contributed by atoms with Crippen molar-refractivity contribution in [1.82, 2.24) is 4.72 Å². The number of nitrogens with zero attached hydrogens (tertiary/aromatic N) is 1. The van der Waals surface area contributed by atoms with Gasteiger partial charge in [0, 0.05) is 17.0 Å². The molecular weight excluding hydrogens is 312 g/mol. The van der Waals surface area contributed by atoms with Crippen LogP contribution in [0.1, 0.15) is 37.3 Å². The Balaban J connectivity index is 2.15. The number of fused-ring (bicyclic) bond motifs is 1. The minimum atomic E-state index is -3.41. The Labute approximate surface area is 129 Å². The molecule has 0 amide bonds. The van der Waals surface area contributed by atoms with Crippen molar-refractivity contribution in [3.63, 3.8) is 0 Å². The zero-order valence-corrected chi connectivity index (χ0v) is 13.1. The number of rotatable bonds is 5. The Kier molecular flexibility index (Phi) is 5.45. The maximum atomic E-state index is 12.1. The Morgan fingerprint density at radius 3 is 3.05 bits per heavy atom. The lowest BCUT2D eigenvalue weighted by Crippen LogP contribution is -2.30. The first kappa shape index (κ1) is 16.1. The van der Waals surface area contributed by atoms with Gasteiger partial charge in [0.1, 0.15) is 5.75 Å². The van der Waals surface area contributed by atoms with Gasteiger partial charge in [0.25, 0.3) is 0 Å². The van der Waals surface area contributed by atoms with Crippen LogP contribution in [0.5, 0.6) is 5.75 Å². The van der Waals surface area contributed by atoms with Crippen LogP contribution in [0.25, 0.3) is 0 Å². The van der Waals surface area contributed by atoms with Crippen molar-refractivity contribution in [2.75, 3.05) is 12.4 Å². The number of ether oxygens (including phenoxy) is 1. The predicted octanol–water partition coefficient (Wildman–Crippen LogP) is 2.78. The van der Waals surface area contributed by atoms with Crippen molar-refractivity contribution in [3.05, 3.63) is 28.8 Å². The Morgan fingerprint density at radius 1 is 1.48 bits per heavy atom. The average Bonchev–Trinajstić information content (AvgIpc) is 2.60. The molecule has 114 valence electrons. The van der Waals surface area contributed by atoms with E-state index in [-0.39, 0.29) is 18.2 Å². The van der Waals surface area contributed by atoms with Crippen molar-refractivity contribution in [3.8, 4) is 11.8 Å². The van der Waals surface area contributed by atoms with E-state index in [2.05, 4.69) is 4.72 Å². The van der Waals surface area contributed by atoms with Crippen molar-refractivity contribution >= 4 is 21.6 Å². The fourth-order valence-corrected chi connectivity index (χ4v) is 3.77. The van der Waals surface area contributed by atoms with Gasteiger partial charge in [-0.25, -0.2) is 13.1 Å². The van der Waals surface area contributed by atoms with Gasteiger partial charge < -0.3 is 4.74 Å². The second kappa shape index (κ2) is 7.12. The molecule has 0 radical (unpaired) electrons. The first-order chi connectivity index (χ1) is 10.0. The largest absolute Gasteiger partial charge is 0.493 e. The van der Waals surface area contributed by atoms with E-state index in [1.807, 2.05) is 6.07 Å². The van der Waals surface area contributed by atoms with E-state index in [1.165, 1.54) is 0 Å². The molecular formula is C14H17ClN2O3S. The zero-order valence-electron chi connectivity index (χ0n) is 11.5. The van der Waals surface area contributed by atoms with E-state index in [0.717, 1.165) is 12.0 Å². The molecule has 0 aromatic heterocycles. The summed E-state index contributed by atoms with van der Waals surface area (Å²) >= 11 is 5.95. The molecule has 21 heavy (non-hydrogen) atoms. The van der Waals surface area contributed by atoms with Crippen molar-refractivity contribution in [2.24, 2.45) is 0 Å². The second-order valence-corrected chi connectivity index (χ2v) is 7.23. The summed E-state index contributed by atoms with van der Waals surface area (Å²) in [6.45, 7) is 0.542. The molecule has 1 aliphatic heterocycles. The Hall–Kier alpha value is -1.29. The highest BCUT2D eigenvalue weighted by atomic mass is 35.5. The summed E-state index contributed by atoms with van der Waals surface area (Å²) in [5.41, 5.74) is 0.806. The van der Waals surface area contributed by atoms with Crippen LogP contribution in [0.15, 0.2) is 18.2 Å². The third-order valence-corrected chi connectivity index (χ3v) is 4.97. The van der Waals surface area contributed by atoms with Gasteiger partial charge >= 0.3 is 0 Å². The van der Waals surface area contributed by atoms with Crippen LogP contribution >= 0.6 is 11.6 Å². The summed E-state index contributed by atoms with van der Waals surface area (Å²) in [5.74, 6) is 0.589. The van der Waals surface area contributed by atoms with Crippen molar-refractivity contribution < 1.29 is 13.2 Å². The molecule has 0 fully saturated rings. The van der Waals surface area contributed by atoms with E-state index in [9.17, 15) is 8.42 Å². The summed E-state index contributed by atoms with van der Waals surface area (Å²) in [4.78, 5) is 0. The van der Waals surface area contributed by atoms with Gasteiger partial charge in [-0.2, -0.15) is 5.26 Å². The number of hydrogen-bond donors (Lipinski definition) is 1. The fourth-order valence-electron chi connectivity index (χ4n) is 2.29. The molecule has 1 aromatic carbocycles. The normalized spacial score (nSPS) is 18.2. The molecule has 1 aliphatic rings. The van der Waals surface area contributed by atoms with Crippen LogP contribution in [0, 0.1) is 11.3 Å². The van der Waals surface area contributed by atoms with Crippen LogP contribution in [-0.4, -0.2) is 20.8 Å². The maximum Gasteiger partial charge on any atom is 0.212 e. The minimum Gasteiger partial charge on any atom is -0.493 e. The Morgan fingerprint density at radius 2 is 2.29 bits per heavy atom. The monoisotopic (exact) mass is 328 g/mol. The van der Waals surface area contributed by atoms with E-state index in [4.69, 9.17) is 21.6 Å². The molecule has 0 bridgehead atoms. The van der Waals surface area contributed by atoms with Crippen LogP contribution in [0.2, 0.25) is 5.02 Å². The van der Waals surface area contributed by atoms with E-state index >= 15 is 0 Å². The fraction of sp³-hybridized carbons (Fsp3) is 0.500. The smallest absolute Gasteiger partial charge is 0.212 e. The van der Waals surface area contributed by atoms with Gasteiger partial charge in [-0.3, -0.25) is 0 Å². The molecule has 2 rings (SSSR count). The predicted molar refractivity (Wildman–Crippen MR) is 80.7 cm³/mol. The van der Waals surface area contributed by atoms with E-state index < -0.39 is 10.0 Å². The maximum absolute atomic E-state index is 12.1. The third kappa shape index (κ3) is 4.60. The highest BCUT2D eigenvalue weighted by Crippen LogP contribution is 2.34. The lowest BCUT2D eigenvalue weighted by Gasteiger charge is -2.18. The second-order valence-electron chi connectivity index (χ2n) is 4.92. The first-order valence-electron chi connectivity index (χ1n) is 6.81.